The highest BCUT2D eigenvalue weighted by Crippen LogP contribution is 2.33. The van der Waals surface area contributed by atoms with Gasteiger partial charge in [-0.25, -0.2) is 5.01 Å². The van der Waals surface area contributed by atoms with Gasteiger partial charge in [0.1, 0.15) is 17.6 Å². The molecule has 9 nitrogen and oxygen atoms in total. The van der Waals surface area contributed by atoms with Crippen molar-refractivity contribution in [1.82, 2.24) is 5.01 Å². The van der Waals surface area contributed by atoms with Crippen LogP contribution in [0.2, 0.25) is 5.02 Å². The summed E-state index contributed by atoms with van der Waals surface area (Å²) >= 11 is 5.96. The predicted molar refractivity (Wildman–Crippen MR) is 115 cm³/mol. The van der Waals surface area contributed by atoms with Crippen LogP contribution in [-0.2, 0) is 4.79 Å². The Morgan fingerprint density at radius 2 is 2.06 bits per heavy atom. The lowest BCUT2D eigenvalue weighted by molar-refractivity contribution is -0.384. The monoisotopic (exact) mass is 453 g/mol. The summed E-state index contributed by atoms with van der Waals surface area (Å²) in [5, 5.41) is 17.2. The van der Waals surface area contributed by atoms with E-state index in [0.29, 0.717) is 29.2 Å². The Bertz CT molecular complexity index is 1190. The number of rotatable bonds is 7. The number of aldehydes is 1. The molecule has 0 saturated heterocycles. The molecular weight excluding hydrogens is 438 g/mol. The van der Waals surface area contributed by atoms with Crippen LogP contribution in [0.5, 0.6) is 5.75 Å². The highest BCUT2D eigenvalue weighted by atomic mass is 35.5. The number of nitro benzene ring substituents is 1. The molecule has 0 saturated carbocycles. The third-order valence-corrected chi connectivity index (χ3v) is 5.15. The summed E-state index contributed by atoms with van der Waals surface area (Å²) in [4.78, 5) is 34.5. The normalized spacial score (nSPS) is 15.3. The number of hydrogen-bond donors (Lipinski definition) is 0. The van der Waals surface area contributed by atoms with Gasteiger partial charge in [0, 0.05) is 23.6 Å². The first kappa shape index (κ1) is 21.3. The van der Waals surface area contributed by atoms with E-state index in [2.05, 4.69) is 5.10 Å². The van der Waals surface area contributed by atoms with Crippen LogP contribution in [0, 0.1) is 10.1 Å². The Labute approximate surface area is 187 Å². The van der Waals surface area contributed by atoms with Gasteiger partial charge in [-0.05, 0) is 35.9 Å². The minimum atomic E-state index is -0.618. The van der Waals surface area contributed by atoms with E-state index in [1.807, 2.05) is 12.1 Å². The van der Waals surface area contributed by atoms with Crippen LogP contribution < -0.4 is 4.74 Å². The van der Waals surface area contributed by atoms with Gasteiger partial charge in [-0.1, -0.05) is 23.7 Å². The van der Waals surface area contributed by atoms with Gasteiger partial charge in [-0.15, -0.1) is 0 Å². The quantitative estimate of drug-likeness (QED) is 0.297. The molecule has 3 aromatic rings. The molecule has 10 heteroatoms. The molecule has 0 radical (unpaired) electrons. The Morgan fingerprint density at radius 3 is 2.72 bits per heavy atom. The van der Waals surface area contributed by atoms with Crippen molar-refractivity contribution in [3.63, 3.8) is 0 Å². The van der Waals surface area contributed by atoms with Crippen molar-refractivity contribution < 1.29 is 23.7 Å². The van der Waals surface area contributed by atoms with Crippen molar-refractivity contribution in [2.75, 3.05) is 6.61 Å². The van der Waals surface area contributed by atoms with Gasteiger partial charge in [0.25, 0.3) is 11.6 Å². The Morgan fingerprint density at radius 1 is 1.28 bits per heavy atom. The second-order valence-corrected chi connectivity index (χ2v) is 7.35. The number of nitrogens with zero attached hydrogens (tertiary/aromatic N) is 3. The number of carbonyl (C=O) groups excluding carboxylic acids is 2. The van der Waals surface area contributed by atoms with Gasteiger partial charge in [0.2, 0.25) is 0 Å². The van der Waals surface area contributed by atoms with Crippen molar-refractivity contribution in [2.24, 2.45) is 5.10 Å². The first-order chi connectivity index (χ1) is 15.5. The zero-order valence-corrected chi connectivity index (χ0v) is 17.3. The number of halogens is 1. The first-order valence-electron chi connectivity index (χ1n) is 9.51. The molecule has 0 spiro atoms. The van der Waals surface area contributed by atoms with E-state index in [1.165, 1.54) is 23.4 Å². The van der Waals surface area contributed by atoms with Crippen molar-refractivity contribution in [2.45, 2.75) is 12.5 Å². The largest absolute Gasteiger partial charge is 0.483 e. The smallest absolute Gasteiger partial charge is 0.281 e. The maximum Gasteiger partial charge on any atom is 0.281 e. The van der Waals surface area contributed by atoms with E-state index in [9.17, 15) is 19.7 Å². The highest BCUT2D eigenvalue weighted by Gasteiger charge is 2.35. The van der Waals surface area contributed by atoms with Crippen molar-refractivity contribution >= 4 is 35.2 Å². The molecule has 2 heterocycles. The summed E-state index contributed by atoms with van der Waals surface area (Å²) in [7, 11) is 0. The third-order valence-electron chi connectivity index (χ3n) is 4.90. The van der Waals surface area contributed by atoms with E-state index >= 15 is 0 Å². The van der Waals surface area contributed by atoms with Crippen LogP contribution in [0.3, 0.4) is 0 Å². The minimum absolute atomic E-state index is 0.0265. The molecule has 32 heavy (non-hydrogen) atoms. The number of hydrazone groups is 1. The number of furan rings is 1. The Balaban J connectivity index is 1.55. The summed E-state index contributed by atoms with van der Waals surface area (Å²) in [6, 6.07) is 13.7. The summed E-state index contributed by atoms with van der Waals surface area (Å²) in [6.07, 6.45) is 2.38. The second kappa shape index (κ2) is 9.03. The fourth-order valence-corrected chi connectivity index (χ4v) is 3.46. The maximum absolute atomic E-state index is 13.0. The molecule has 1 aliphatic heterocycles. The second-order valence-electron chi connectivity index (χ2n) is 6.91. The number of hydrogen-bond acceptors (Lipinski definition) is 7. The van der Waals surface area contributed by atoms with Crippen LogP contribution in [0.25, 0.3) is 0 Å². The Hall–Kier alpha value is -3.98. The van der Waals surface area contributed by atoms with E-state index in [1.54, 1.807) is 24.3 Å². The van der Waals surface area contributed by atoms with E-state index in [0.717, 1.165) is 11.6 Å². The lowest BCUT2D eigenvalue weighted by Gasteiger charge is -2.20. The number of ether oxygens (including phenoxy) is 1. The topological polar surface area (TPSA) is 115 Å². The summed E-state index contributed by atoms with van der Waals surface area (Å²) in [6.45, 7) is -0.423. The molecule has 2 aromatic carbocycles. The van der Waals surface area contributed by atoms with Gasteiger partial charge >= 0.3 is 0 Å². The van der Waals surface area contributed by atoms with Gasteiger partial charge < -0.3 is 9.15 Å². The third kappa shape index (κ3) is 4.37. The van der Waals surface area contributed by atoms with E-state index in [4.69, 9.17) is 20.8 Å². The summed E-state index contributed by atoms with van der Waals surface area (Å²) in [5.41, 5.74) is 1.22. The van der Waals surface area contributed by atoms with Gasteiger partial charge in [-0.3, -0.25) is 19.7 Å². The molecule has 1 unspecified atom stereocenters. The van der Waals surface area contributed by atoms with Gasteiger partial charge in [0.15, 0.2) is 12.9 Å². The summed E-state index contributed by atoms with van der Waals surface area (Å²) < 4.78 is 11.0. The molecule has 0 aliphatic carbocycles. The first-order valence-corrected chi connectivity index (χ1v) is 9.89. The SMILES string of the molecule is O=Cc1cc([N+](=O)[O-])ccc1OCC(=O)N1N=C(c2ccc(Cl)cc2)CC1c1ccco1. The van der Waals surface area contributed by atoms with Gasteiger partial charge in [-0.2, -0.15) is 5.10 Å². The summed E-state index contributed by atoms with van der Waals surface area (Å²) in [5.74, 6) is 0.162. The van der Waals surface area contributed by atoms with Crippen molar-refractivity contribution in [1.29, 1.82) is 0 Å². The number of benzene rings is 2. The zero-order valence-electron chi connectivity index (χ0n) is 16.5. The number of non-ortho nitro benzene ring substituents is 1. The molecule has 1 atom stereocenters. The van der Waals surface area contributed by atoms with Crippen LogP contribution in [0.1, 0.15) is 34.1 Å². The fourth-order valence-electron chi connectivity index (χ4n) is 3.34. The minimum Gasteiger partial charge on any atom is -0.483 e. The molecule has 4 rings (SSSR count). The molecule has 0 fully saturated rings. The van der Waals surface area contributed by atoms with Crippen LogP contribution in [-0.4, -0.2) is 34.4 Å². The molecule has 1 aromatic heterocycles. The average Bonchev–Trinajstić information content (AvgIpc) is 3.48. The molecular formula is C22H16ClN3O6. The average molecular weight is 454 g/mol. The zero-order chi connectivity index (χ0) is 22.7. The lowest BCUT2D eigenvalue weighted by atomic mass is 10.0. The Kier molecular flexibility index (Phi) is 6.00. The van der Waals surface area contributed by atoms with Crippen LogP contribution in [0.4, 0.5) is 5.69 Å². The predicted octanol–water partition coefficient (Wildman–Crippen LogP) is 4.41. The van der Waals surface area contributed by atoms with Crippen LogP contribution in [0.15, 0.2) is 70.4 Å². The highest BCUT2D eigenvalue weighted by molar-refractivity contribution is 6.30. The molecule has 162 valence electrons. The van der Waals surface area contributed by atoms with Crippen molar-refractivity contribution in [3.8, 4) is 5.75 Å². The van der Waals surface area contributed by atoms with Crippen LogP contribution >= 0.6 is 11.6 Å². The standard InChI is InChI=1S/C22H16ClN3O6/c23-16-5-3-14(4-6-16)18-11-19(21-2-1-9-31-21)25(24-18)22(28)13-32-20-8-7-17(26(29)30)10-15(20)12-27/h1-10,12,19H,11,13H2. The van der Waals surface area contributed by atoms with E-state index in [-0.39, 0.29) is 17.0 Å². The molecule has 1 amide bonds. The maximum atomic E-state index is 13.0. The van der Waals surface area contributed by atoms with E-state index < -0.39 is 23.5 Å². The lowest BCUT2D eigenvalue weighted by Crippen LogP contribution is -2.31. The number of amides is 1. The fraction of sp³-hybridized carbons (Fsp3) is 0.136. The number of nitro groups is 1. The molecule has 0 N–H and O–H groups in total. The van der Waals surface area contributed by atoms with Gasteiger partial charge in [0.05, 0.1) is 22.5 Å². The number of carbonyl (C=O) groups is 2. The van der Waals surface area contributed by atoms with Crippen molar-refractivity contribution in [3.05, 3.63) is 92.9 Å². The molecule has 1 aliphatic rings. The molecule has 0 bridgehead atoms.